The Kier molecular flexibility index (Phi) is 4.04. The molecule has 0 radical (unpaired) electrons. The Balaban J connectivity index is 1.74. The molecule has 0 spiro atoms. The molecule has 0 bridgehead atoms. The van der Waals surface area contributed by atoms with Crippen LogP contribution in [-0.4, -0.2) is 33.3 Å². The fourth-order valence-corrected chi connectivity index (χ4v) is 3.50. The number of rotatable bonds is 2. The lowest BCUT2D eigenvalue weighted by molar-refractivity contribution is 0.0724. The van der Waals surface area contributed by atoms with Crippen molar-refractivity contribution in [2.45, 2.75) is 33.1 Å². The van der Waals surface area contributed by atoms with Gasteiger partial charge in [0.2, 0.25) is 0 Å². The first-order valence-corrected chi connectivity index (χ1v) is 8.97. The van der Waals surface area contributed by atoms with Crippen LogP contribution in [0.5, 0.6) is 0 Å². The quantitative estimate of drug-likeness (QED) is 0.703. The van der Waals surface area contributed by atoms with E-state index in [4.69, 9.17) is 0 Å². The van der Waals surface area contributed by atoms with Crippen LogP contribution >= 0.6 is 0 Å². The van der Waals surface area contributed by atoms with Crippen LogP contribution in [0.3, 0.4) is 0 Å². The highest BCUT2D eigenvalue weighted by Gasteiger charge is 2.19. The van der Waals surface area contributed by atoms with Gasteiger partial charge in [-0.25, -0.2) is 4.98 Å². The molecule has 2 aromatic heterocycles. The highest BCUT2D eigenvalue weighted by atomic mass is 16.2. The smallest absolute Gasteiger partial charge is 0.255 e. The molecule has 1 amide bonds. The number of pyridine rings is 1. The van der Waals surface area contributed by atoms with Crippen LogP contribution in [0.25, 0.3) is 16.9 Å². The van der Waals surface area contributed by atoms with Gasteiger partial charge in [-0.3, -0.25) is 9.20 Å². The zero-order valence-electron chi connectivity index (χ0n) is 14.8. The van der Waals surface area contributed by atoms with E-state index < -0.39 is 0 Å². The second-order valence-electron chi connectivity index (χ2n) is 6.94. The second kappa shape index (κ2) is 6.36. The minimum Gasteiger partial charge on any atom is -0.339 e. The second-order valence-corrected chi connectivity index (χ2v) is 6.94. The molecular formula is C21H23N3O. The first kappa shape index (κ1) is 15.9. The Morgan fingerprint density at radius 3 is 2.56 bits per heavy atom. The zero-order valence-corrected chi connectivity index (χ0v) is 14.8. The van der Waals surface area contributed by atoms with Crippen molar-refractivity contribution in [2.24, 2.45) is 0 Å². The molecule has 3 aromatic rings. The highest BCUT2D eigenvalue weighted by Crippen LogP contribution is 2.24. The fourth-order valence-electron chi connectivity index (χ4n) is 3.50. The van der Waals surface area contributed by atoms with E-state index in [1.54, 1.807) is 0 Å². The minimum atomic E-state index is 0.126. The topological polar surface area (TPSA) is 37.6 Å². The monoisotopic (exact) mass is 333 g/mol. The van der Waals surface area contributed by atoms with Gasteiger partial charge in [-0.05, 0) is 62.4 Å². The number of fused-ring (bicyclic) bond motifs is 1. The Hall–Kier alpha value is -2.62. The summed E-state index contributed by atoms with van der Waals surface area (Å²) >= 11 is 0. The van der Waals surface area contributed by atoms with Gasteiger partial charge >= 0.3 is 0 Å². The van der Waals surface area contributed by atoms with Gasteiger partial charge in [-0.15, -0.1) is 0 Å². The molecule has 4 rings (SSSR count). The largest absolute Gasteiger partial charge is 0.339 e. The highest BCUT2D eigenvalue weighted by molar-refractivity contribution is 5.94. The number of aryl methyl sites for hydroxylation is 2. The van der Waals surface area contributed by atoms with E-state index in [1.165, 1.54) is 17.5 Å². The van der Waals surface area contributed by atoms with Crippen LogP contribution in [0.15, 0.2) is 42.7 Å². The number of amides is 1. The summed E-state index contributed by atoms with van der Waals surface area (Å²) in [5.74, 6) is 0.126. The third-order valence-electron chi connectivity index (χ3n) is 5.20. The Labute approximate surface area is 148 Å². The standard InChI is InChI=1S/C21H23N3O/c1-15-6-7-17(12-16(15)2)19-13-22-20-9-8-18(14-24(19)20)21(25)23-10-4-3-5-11-23/h6-9,12-14H,3-5,10-11H2,1-2H3. The number of piperidine rings is 1. The SMILES string of the molecule is Cc1ccc(-c2cnc3ccc(C(=O)N4CCCCC4)cn23)cc1C. The van der Waals surface area contributed by atoms with Crippen molar-refractivity contribution < 1.29 is 4.79 Å². The molecular weight excluding hydrogens is 310 g/mol. The number of imidazole rings is 1. The van der Waals surface area contributed by atoms with Crippen LogP contribution in [-0.2, 0) is 0 Å². The lowest BCUT2D eigenvalue weighted by Gasteiger charge is -2.26. The number of carbonyl (C=O) groups excluding carboxylic acids is 1. The maximum absolute atomic E-state index is 12.8. The van der Waals surface area contributed by atoms with Gasteiger partial charge in [0, 0.05) is 24.8 Å². The van der Waals surface area contributed by atoms with E-state index in [9.17, 15) is 4.79 Å². The van der Waals surface area contributed by atoms with E-state index in [0.717, 1.165) is 48.4 Å². The average Bonchev–Trinajstić information content (AvgIpc) is 3.07. The van der Waals surface area contributed by atoms with Crippen molar-refractivity contribution in [3.05, 3.63) is 59.4 Å². The van der Waals surface area contributed by atoms with E-state index >= 15 is 0 Å². The molecule has 0 aliphatic carbocycles. The molecule has 1 aliphatic rings. The van der Waals surface area contributed by atoms with E-state index in [2.05, 4.69) is 37.0 Å². The van der Waals surface area contributed by atoms with Crippen molar-refractivity contribution in [1.29, 1.82) is 0 Å². The molecule has 1 saturated heterocycles. The number of benzene rings is 1. The number of hydrogen-bond acceptors (Lipinski definition) is 2. The Morgan fingerprint density at radius 2 is 1.80 bits per heavy atom. The Bertz CT molecular complexity index is 935. The molecule has 128 valence electrons. The van der Waals surface area contributed by atoms with E-state index in [-0.39, 0.29) is 5.91 Å². The van der Waals surface area contributed by atoms with Gasteiger partial charge in [-0.1, -0.05) is 12.1 Å². The lowest BCUT2D eigenvalue weighted by atomic mass is 10.0. The third-order valence-corrected chi connectivity index (χ3v) is 5.20. The van der Waals surface area contributed by atoms with Gasteiger partial charge < -0.3 is 4.90 Å². The van der Waals surface area contributed by atoms with Crippen LogP contribution in [0.2, 0.25) is 0 Å². The number of likely N-dealkylation sites (tertiary alicyclic amines) is 1. The van der Waals surface area contributed by atoms with E-state index in [0.29, 0.717) is 0 Å². The van der Waals surface area contributed by atoms with Crippen molar-refractivity contribution in [3.63, 3.8) is 0 Å². The fraction of sp³-hybridized carbons (Fsp3) is 0.333. The zero-order chi connectivity index (χ0) is 17.4. The summed E-state index contributed by atoms with van der Waals surface area (Å²) in [5.41, 5.74) is 6.28. The van der Waals surface area contributed by atoms with E-state index in [1.807, 2.05) is 33.8 Å². The summed E-state index contributed by atoms with van der Waals surface area (Å²) < 4.78 is 2.03. The van der Waals surface area contributed by atoms with Crippen LogP contribution in [0, 0.1) is 13.8 Å². The predicted molar refractivity (Wildman–Crippen MR) is 99.9 cm³/mol. The molecule has 25 heavy (non-hydrogen) atoms. The molecule has 0 N–H and O–H groups in total. The number of nitrogens with zero attached hydrogens (tertiary/aromatic N) is 3. The average molecular weight is 333 g/mol. The summed E-state index contributed by atoms with van der Waals surface area (Å²) in [7, 11) is 0. The van der Waals surface area contributed by atoms with Gasteiger partial charge in [0.05, 0.1) is 17.5 Å². The predicted octanol–water partition coefficient (Wildman–Crippen LogP) is 4.24. The van der Waals surface area contributed by atoms with Gasteiger partial charge in [0.15, 0.2) is 0 Å². The molecule has 0 atom stereocenters. The molecule has 0 unspecified atom stereocenters. The number of carbonyl (C=O) groups is 1. The molecule has 0 saturated carbocycles. The molecule has 3 heterocycles. The van der Waals surface area contributed by atoms with Crippen molar-refractivity contribution in [3.8, 4) is 11.3 Å². The summed E-state index contributed by atoms with van der Waals surface area (Å²) in [6, 6.07) is 10.3. The van der Waals surface area contributed by atoms with Crippen LogP contribution in [0.1, 0.15) is 40.7 Å². The summed E-state index contributed by atoms with van der Waals surface area (Å²) in [4.78, 5) is 19.3. The number of aromatic nitrogens is 2. The maximum Gasteiger partial charge on any atom is 0.255 e. The van der Waals surface area contributed by atoms with Crippen molar-refractivity contribution >= 4 is 11.6 Å². The first-order chi connectivity index (χ1) is 12.1. The van der Waals surface area contributed by atoms with Crippen LogP contribution < -0.4 is 0 Å². The maximum atomic E-state index is 12.8. The summed E-state index contributed by atoms with van der Waals surface area (Å²) in [6.07, 6.45) is 7.25. The van der Waals surface area contributed by atoms with Gasteiger partial charge in [0.1, 0.15) is 5.65 Å². The van der Waals surface area contributed by atoms with Gasteiger partial charge in [-0.2, -0.15) is 0 Å². The van der Waals surface area contributed by atoms with Crippen LogP contribution in [0.4, 0.5) is 0 Å². The summed E-state index contributed by atoms with van der Waals surface area (Å²) in [5, 5.41) is 0. The van der Waals surface area contributed by atoms with Crippen molar-refractivity contribution in [1.82, 2.24) is 14.3 Å². The molecule has 4 nitrogen and oxygen atoms in total. The number of hydrogen-bond donors (Lipinski definition) is 0. The third kappa shape index (κ3) is 2.93. The van der Waals surface area contributed by atoms with Crippen molar-refractivity contribution in [2.75, 3.05) is 13.1 Å². The molecule has 1 aliphatic heterocycles. The Morgan fingerprint density at radius 1 is 1.00 bits per heavy atom. The first-order valence-electron chi connectivity index (χ1n) is 8.97. The lowest BCUT2D eigenvalue weighted by Crippen LogP contribution is -2.35. The molecule has 4 heteroatoms. The molecule has 1 aromatic carbocycles. The normalized spacial score (nSPS) is 14.9. The molecule has 1 fully saturated rings. The van der Waals surface area contributed by atoms with Gasteiger partial charge in [0.25, 0.3) is 5.91 Å². The summed E-state index contributed by atoms with van der Waals surface area (Å²) in [6.45, 7) is 5.96. The minimum absolute atomic E-state index is 0.126.